The third-order valence-electron chi connectivity index (χ3n) is 4.61. The molecule has 1 aromatic heterocycles. The molecular weight excluding hydrogens is 366 g/mol. The van der Waals surface area contributed by atoms with Gasteiger partial charge >= 0.3 is 0 Å². The van der Waals surface area contributed by atoms with Gasteiger partial charge in [-0.25, -0.2) is 0 Å². The van der Waals surface area contributed by atoms with Gasteiger partial charge in [0.15, 0.2) is 6.10 Å². The van der Waals surface area contributed by atoms with Crippen molar-refractivity contribution in [2.24, 2.45) is 0 Å². The summed E-state index contributed by atoms with van der Waals surface area (Å²) in [6, 6.07) is 21.5. The number of amides is 1. The third-order valence-corrected chi connectivity index (χ3v) is 4.61. The number of hydrogen-bond acceptors (Lipinski definition) is 5. The van der Waals surface area contributed by atoms with Gasteiger partial charge in [-0.3, -0.25) is 4.79 Å². The van der Waals surface area contributed by atoms with Gasteiger partial charge in [0.25, 0.3) is 5.91 Å². The first-order valence-corrected chi connectivity index (χ1v) is 9.42. The first kappa shape index (κ1) is 18.7. The van der Waals surface area contributed by atoms with Crippen molar-refractivity contribution in [2.75, 3.05) is 0 Å². The highest BCUT2D eigenvalue weighted by Crippen LogP contribution is 2.26. The van der Waals surface area contributed by atoms with Crippen molar-refractivity contribution in [2.45, 2.75) is 26.5 Å². The molecule has 0 saturated heterocycles. The molecule has 6 nitrogen and oxygen atoms in total. The second kappa shape index (κ2) is 8.14. The lowest BCUT2D eigenvalue weighted by Gasteiger charge is -2.15. The molecule has 1 N–H and O–H groups in total. The van der Waals surface area contributed by atoms with E-state index < -0.39 is 6.10 Å². The van der Waals surface area contributed by atoms with Gasteiger partial charge < -0.3 is 14.6 Å². The maximum Gasteiger partial charge on any atom is 0.261 e. The van der Waals surface area contributed by atoms with Crippen LogP contribution in [0.5, 0.6) is 5.75 Å². The van der Waals surface area contributed by atoms with Crippen LogP contribution in [0.1, 0.15) is 18.4 Å². The second-order valence-electron chi connectivity index (χ2n) is 6.83. The number of nitrogens with one attached hydrogen (secondary N) is 1. The molecule has 4 aromatic rings. The predicted molar refractivity (Wildman–Crippen MR) is 110 cm³/mol. The summed E-state index contributed by atoms with van der Waals surface area (Å²) < 4.78 is 11.1. The molecule has 0 spiro atoms. The van der Waals surface area contributed by atoms with Crippen LogP contribution in [0.15, 0.2) is 71.3 Å². The standard InChI is InChI=1S/C23H21N3O3/c1-15-10-12-18(13-11-15)22-25-21(29-26-22)14-24-23(27)16(2)28-20-9-5-7-17-6-3-4-8-19(17)20/h3-13,16H,14H2,1-2H3,(H,24,27)/t16-/m0/s1. The van der Waals surface area contributed by atoms with E-state index in [1.165, 1.54) is 0 Å². The number of nitrogens with zero attached hydrogens (tertiary/aromatic N) is 2. The van der Waals surface area contributed by atoms with Crippen LogP contribution >= 0.6 is 0 Å². The molecule has 1 atom stereocenters. The van der Waals surface area contributed by atoms with Crippen molar-refractivity contribution >= 4 is 16.7 Å². The van der Waals surface area contributed by atoms with Crippen LogP contribution in [-0.2, 0) is 11.3 Å². The number of fused-ring (bicyclic) bond motifs is 1. The van der Waals surface area contributed by atoms with Crippen molar-refractivity contribution in [3.05, 3.63) is 78.2 Å². The van der Waals surface area contributed by atoms with Crippen LogP contribution in [0.3, 0.4) is 0 Å². The van der Waals surface area contributed by atoms with Crippen LogP contribution < -0.4 is 10.1 Å². The first-order chi connectivity index (χ1) is 14.1. The highest BCUT2D eigenvalue weighted by molar-refractivity contribution is 5.89. The largest absolute Gasteiger partial charge is 0.480 e. The summed E-state index contributed by atoms with van der Waals surface area (Å²) in [7, 11) is 0. The van der Waals surface area contributed by atoms with Gasteiger partial charge in [0.05, 0.1) is 6.54 Å². The van der Waals surface area contributed by atoms with Crippen LogP contribution in [-0.4, -0.2) is 22.2 Å². The topological polar surface area (TPSA) is 77.2 Å². The van der Waals surface area contributed by atoms with Crippen molar-refractivity contribution in [1.82, 2.24) is 15.5 Å². The molecule has 1 heterocycles. The molecule has 29 heavy (non-hydrogen) atoms. The molecule has 0 aliphatic rings. The fraction of sp³-hybridized carbons (Fsp3) is 0.174. The minimum atomic E-state index is -0.666. The zero-order valence-corrected chi connectivity index (χ0v) is 16.3. The minimum absolute atomic E-state index is 0.140. The van der Waals surface area contributed by atoms with Crippen molar-refractivity contribution < 1.29 is 14.1 Å². The van der Waals surface area contributed by atoms with E-state index in [-0.39, 0.29) is 12.5 Å². The van der Waals surface area contributed by atoms with Crippen LogP contribution in [0, 0.1) is 6.92 Å². The first-order valence-electron chi connectivity index (χ1n) is 9.42. The lowest BCUT2D eigenvalue weighted by Crippen LogP contribution is -2.36. The van der Waals surface area contributed by atoms with Gasteiger partial charge in [0.2, 0.25) is 11.7 Å². The number of ether oxygens (including phenoxy) is 1. The fourth-order valence-electron chi connectivity index (χ4n) is 3.00. The van der Waals surface area contributed by atoms with E-state index in [4.69, 9.17) is 9.26 Å². The van der Waals surface area contributed by atoms with E-state index >= 15 is 0 Å². The average molecular weight is 387 g/mol. The quantitative estimate of drug-likeness (QED) is 0.534. The molecule has 0 bridgehead atoms. The van der Waals surface area contributed by atoms with E-state index in [2.05, 4.69) is 15.5 Å². The molecule has 0 aliphatic carbocycles. The number of benzene rings is 3. The summed E-state index contributed by atoms with van der Waals surface area (Å²) in [4.78, 5) is 16.8. The Labute approximate surface area is 168 Å². The minimum Gasteiger partial charge on any atom is -0.480 e. The molecule has 6 heteroatoms. The Morgan fingerprint density at radius 3 is 2.66 bits per heavy atom. The molecule has 0 radical (unpaired) electrons. The fourth-order valence-corrected chi connectivity index (χ4v) is 3.00. The number of hydrogen-bond donors (Lipinski definition) is 1. The smallest absolute Gasteiger partial charge is 0.261 e. The summed E-state index contributed by atoms with van der Waals surface area (Å²) in [6.45, 7) is 3.87. The lowest BCUT2D eigenvalue weighted by atomic mass is 10.1. The Morgan fingerprint density at radius 2 is 1.83 bits per heavy atom. The van der Waals surface area contributed by atoms with Crippen LogP contribution in [0.25, 0.3) is 22.2 Å². The Morgan fingerprint density at radius 1 is 1.07 bits per heavy atom. The molecule has 0 fully saturated rings. The van der Waals surface area contributed by atoms with Gasteiger partial charge in [-0.05, 0) is 25.3 Å². The van der Waals surface area contributed by atoms with E-state index in [1.54, 1.807) is 6.92 Å². The summed E-state index contributed by atoms with van der Waals surface area (Å²) in [6.07, 6.45) is -0.666. The SMILES string of the molecule is Cc1ccc(-c2noc(CNC(=O)[C@H](C)Oc3cccc4ccccc34)n2)cc1. The Bertz CT molecular complexity index is 1130. The van der Waals surface area contributed by atoms with Gasteiger partial charge in [-0.15, -0.1) is 0 Å². The molecule has 3 aromatic carbocycles. The third kappa shape index (κ3) is 4.27. The summed E-state index contributed by atoms with van der Waals surface area (Å²) in [5, 5.41) is 8.78. The Kier molecular flexibility index (Phi) is 5.24. The van der Waals surface area contributed by atoms with Gasteiger partial charge in [-0.1, -0.05) is 71.4 Å². The monoisotopic (exact) mass is 387 g/mol. The number of rotatable bonds is 6. The van der Waals surface area contributed by atoms with Crippen LogP contribution in [0.2, 0.25) is 0 Å². The van der Waals surface area contributed by atoms with Gasteiger partial charge in [0, 0.05) is 10.9 Å². The van der Waals surface area contributed by atoms with Gasteiger partial charge in [0.1, 0.15) is 5.75 Å². The summed E-state index contributed by atoms with van der Waals surface area (Å²) in [5.41, 5.74) is 2.02. The molecule has 0 aliphatic heterocycles. The number of carbonyl (C=O) groups is 1. The van der Waals surface area contributed by atoms with Crippen molar-refractivity contribution in [3.8, 4) is 17.1 Å². The van der Waals surface area contributed by atoms with E-state index in [1.807, 2.05) is 73.7 Å². The zero-order valence-electron chi connectivity index (χ0n) is 16.3. The molecule has 146 valence electrons. The van der Waals surface area contributed by atoms with E-state index in [0.29, 0.717) is 17.5 Å². The highest BCUT2D eigenvalue weighted by atomic mass is 16.5. The maximum atomic E-state index is 12.4. The summed E-state index contributed by atoms with van der Waals surface area (Å²) in [5.74, 6) is 1.25. The average Bonchev–Trinajstić information content (AvgIpc) is 3.22. The van der Waals surface area contributed by atoms with E-state index in [9.17, 15) is 4.79 Å². The highest BCUT2D eigenvalue weighted by Gasteiger charge is 2.17. The second-order valence-corrected chi connectivity index (χ2v) is 6.83. The van der Waals surface area contributed by atoms with Crippen LogP contribution in [0.4, 0.5) is 0 Å². The maximum absolute atomic E-state index is 12.4. The Hall–Kier alpha value is -3.67. The lowest BCUT2D eigenvalue weighted by molar-refractivity contribution is -0.127. The van der Waals surface area contributed by atoms with E-state index in [0.717, 1.165) is 21.9 Å². The summed E-state index contributed by atoms with van der Waals surface area (Å²) >= 11 is 0. The van der Waals surface area contributed by atoms with Crippen molar-refractivity contribution in [3.63, 3.8) is 0 Å². The molecule has 1 amide bonds. The molecule has 0 unspecified atom stereocenters. The number of aryl methyl sites for hydroxylation is 1. The number of carbonyl (C=O) groups excluding carboxylic acids is 1. The van der Waals surface area contributed by atoms with Gasteiger partial charge in [-0.2, -0.15) is 4.98 Å². The zero-order chi connectivity index (χ0) is 20.2. The van der Waals surface area contributed by atoms with Crippen molar-refractivity contribution in [1.29, 1.82) is 0 Å². The Balaban J connectivity index is 1.37. The number of aromatic nitrogens is 2. The molecule has 0 saturated carbocycles. The molecular formula is C23H21N3O3. The predicted octanol–water partition coefficient (Wildman–Crippen LogP) is 4.28. The molecule has 4 rings (SSSR count). The normalized spacial score (nSPS) is 11.9.